The van der Waals surface area contributed by atoms with E-state index in [-0.39, 0.29) is 0 Å². The number of aliphatic imine (C=N–C) groups is 1. The first-order chi connectivity index (χ1) is 11.2. The Morgan fingerprint density at radius 3 is 2.70 bits per heavy atom. The SMILES string of the molecule is COc1ccccc1/C=C/C1=NC(c2ccc(Cl)cc2Cl)=CC1. The van der Waals surface area contributed by atoms with Gasteiger partial charge >= 0.3 is 0 Å². The molecular formula is C19H15Cl2NO. The third-order valence-electron chi connectivity index (χ3n) is 3.57. The van der Waals surface area contributed by atoms with Crippen LogP contribution in [0.3, 0.4) is 0 Å². The lowest BCUT2D eigenvalue weighted by Gasteiger charge is -2.03. The summed E-state index contributed by atoms with van der Waals surface area (Å²) in [5.41, 5.74) is 3.79. The van der Waals surface area contributed by atoms with Crippen LogP contribution in [0.1, 0.15) is 17.5 Å². The lowest BCUT2D eigenvalue weighted by molar-refractivity contribution is 0.414. The van der Waals surface area contributed by atoms with E-state index in [0.29, 0.717) is 10.0 Å². The molecule has 1 heterocycles. The normalized spacial score (nSPS) is 14.0. The van der Waals surface area contributed by atoms with Gasteiger partial charge in [-0.3, -0.25) is 4.99 Å². The molecule has 3 rings (SSSR count). The van der Waals surface area contributed by atoms with Crippen LogP contribution in [0.15, 0.2) is 59.6 Å². The van der Waals surface area contributed by atoms with E-state index in [9.17, 15) is 0 Å². The molecule has 0 bridgehead atoms. The Balaban J connectivity index is 1.80. The predicted octanol–water partition coefficient (Wildman–Crippen LogP) is 5.90. The molecule has 0 aliphatic carbocycles. The second-order valence-corrected chi connectivity index (χ2v) is 5.94. The van der Waals surface area contributed by atoms with Gasteiger partial charge in [-0.1, -0.05) is 47.5 Å². The molecule has 1 aliphatic rings. The van der Waals surface area contributed by atoms with E-state index < -0.39 is 0 Å². The van der Waals surface area contributed by atoms with Crippen molar-refractivity contribution in [3.8, 4) is 5.75 Å². The van der Waals surface area contributed by atoms with Gasteiger partial charge in [0.1, 0.15) is 5.75 Å². The second kappa shape index (κ2) is 7.03. The molecule has 0 amide bonds. The van der Waals surface area contributed by atoms with Gasteiger partial charge in [-0.15, -0.1) is 0 Å². The lowest BCUT2D eigenvalue weighted by Crippen LogP contribution is -1.88. The van der Waals surface area contributed by atoms with Gasteiger partial charge in [-0.05, 0) is 36.4 Å². The van der Waals surface area contributed by atoms with Gasteiger partial charge in [-0.25, -0.2) is 0 Å². The smallest absolute Gasteiger partial charge is 0.126 e. The van der Waals surface area contributed by atoms with Crippen molar-refractivity contribution in [1.82, 2.24) is 0 Å². The molecule has 0 aromatic heterocycles. The van der Waals surface area contributed by atoms with Crippen molar-refractivity contribution in [2.45, 2.75) is 6.42 Å². The number of hydrogen-bond donors (Lipinski definition) is 0. The molecule has 0 unspecified atom stereocenters. The molecule has 116 valence electrons. The Labute approximate surface area is 145 Å². The van der Waals surface area contributed by atoms with Crippen molar-refractivity contribution >= 4 is 40.7 Å². The molecule has 0 radical (unpaired) electrons. The van der Waals surface area contributed by atoms with Crippen LogP contribution < -0.4 is 4.74 Å². The summed E-state index contributed by atoms with van der Waals surface area (Å²) in [4.78, 5) is 4.64. The van der Waals surface area contributed by atoms with Crippen LogP contribution in [0.25, 0.3) is 11.8 Å². The molecule has 23 heavy (non-hydrogen) atoms. The standard InChI is InChI=1S/C19H15Cl2NO/c1-23-19-5-3-2-4-13(19)6-8-15-9-11-18(22-15)16-10-7-14(20)12-17(16)21/h2-8,10-12H,9H2,1H3/b8-6+. The van der Waals surface area contributed by atoms with Gasteiger partial charge in [0.25, 0.3) is 0 Å². The molecule has 0 N–H and O–H groups in total. The number of rotatable bonds is 4. The molecule has 0 fully saturated rings. The number of para-hydroxylation sites is 1. The summed E-state index contributed by atoms with van der Waals surface area (Å²) in [7, 11) is 1.67. The molecule has 0 spiro atoms. The molecule has 4 heteroatoms. The predicted molar refractivity (Wildman–Crippen MR) is 98.5 cm³/mol. The van der Waals surface area contributed by atoms with Gasteiger partial charge in [0.05, 0.1) is 17.8 Å². The fraction of sp³-hybridized carbons (Fsp3) is 0.105. The average molecular weight is 344 g/mol. The molecule has 2 aromatic rings. The van der Waals surface area contributed by atoms with Crippen LogP contribution in [0.5, 0.6) is 5.75 Å². The molecule has 2 aromatic carbocycles. The first-order valence-electron chi connectivity index (χ1n) is 7.21. The first-order valence-corrected chi connectivity index (χ1v) is 7.97. The van der Waals surface area contributed by atoms with Crippen molar-refractivity contribution in [2.75, 3.05) is 7.11 Å². The zero-order chi connectivity index (χ0) is 16.2. The zero-order valence-corrected chi connectivity index (χ0v) is 14.1. The number of ether oxygens (including phenoxy) is 1. The summed E-state index contributed by atoms with van der Waals surface area (Å²) in [6.07, 6.45) is 6.86. The lowest BCUT2D eigenvalue weighted by atomic mass is 10.1. The van der Waals surface area contributed by atoms with E-state index in [1.807, 2.05) is 48.6 Å². The van der Waals surface area contributed by atoms with E-state index in [2.05, 4.69) is 11.1 Å². The van der Waals surface area contributed by atoms with E-state index in [4.69, 9.17) is 27.9 Å². The van der Waals surface area contributed by atoms with Crippen LogP contribution in [-0.2, 0) is 0 Å². The summed E-state index contributed by atoms with van der Waals surface area (Å²) >= 11 is 12.2. The van der Waals surface area contributed by atoms with E-state index in [0.717, 1.165) is 34.7 Å². The fourth-order valence-corrected chi connectivity index (χ4v) is 2.92. The molecule has 0 saturated carbocycles. The maximum atomic E-state index is 6.24. The number of hydrogen-bond acceptors (Lipinski definition) is 2. The minimum Gasteiger partial charge on any atom is -0.496 e. The third-order valence-corrected chi connectivity index (χ3v) is 4.12. The van der Waals surface area contributed by atoms with E-state index >= 15 is 0 Å². The zero-order valence-electron chi connectivity index (χ0n) is 12.6. The number of nitrogens with zero attached hydrogens (tertiary/aromatic N) is 1. The van der Waals surface area contributed by atoms with Crippen molar-refractivity contribution in [3.63, 3.8) is 0 Å². The summed E-state index contributed by atoms with van der Waals surface area (Å²) in [6, 6.07) is 13.3. The monoisotopic (exact) mass is 343 g/mol. The second-order valence-electron chi connectivity index (χ2n) is 5.10. The average Bonchev–Trinajstić information content (AvgIpc) is 3.02. The van der Waals surface area contributed by atoms with Crippen molar-refractivity contribution in [2.24, 2.45) is 4.99 Å². The highest BCUT2D eigenvalue weighted by Gasteiger charge is 2.12. The van der Waals surface area contributed by atoms with Crippen LogP contribution in [-0.4, -0.2) is 12.8 Å². The van der Waals surface area contributed by atoms with Crippen molar-refractivity contribution in [3.05, 3.63) is 75.8 Å². The highest BCUT2D eigenvalue weighted by Crippen LogP contribution is 2.31. The van der Waals surface area contributed by atoms with Gasteiger partial charge in [0.2, 0.25) is 0 Å². The quantitative estimate of drug-likeness (QED) is 0.676. The highest BCUT2D eigenvalue weighted by molar-refractivity contribution is 6.35. The fourth-order valence-electron chi connectivity index (χ4n) is 2.41. The molecule has 0 atom stereocenters. The summed E-state index contributed by atoms with van der Waals surface area (Å²) in [6.45, 7) is 0. The topological polar surface area (TPSA) is 21.6 Å². The number of benzene rings is 2. The van der Waals surface area contributed by atoms with Crippen LogP contribution in [0.4, 0.5) is 0 Å². The number of methoxy groups -OCH3 is 1. The Morgan fingerprint density at radius 1 is 1.09 bits per heavy atom. The largest absolute Gasteiger partial charge is 0.496 e. The number of allylic oxidation sites excluding steroid dienone is 2. The van der Waals surface area contributed by atoms with Crippen LogP contribution in [0, 0.1) is 0 Å². The Hall–Kier alpha value is -2.03. The van der Waals surface area contributed by atoms with E-state index in [1.165, 1.54) is 0 Å². The van der Waals surface area contributed by atoms with Gasteiger partial charge < -0.3 is 4.74 Å². The van der Waals surface area contributed by atoms with Crippen LogP contribution >= 0.6 is 23.2 Å². The summed E-state index contributed by atoms with van der Waals surface area (Å²) in [5, 5.41) is 1.24. The molecular weight excluding hydrogens is 329 g/mol. The maximum absolute atomic E-state index is 6.24. The minimum atomic E-state index is 0.613. The first kappa shape index (κ1) is 15.9. The van der Waals surface area contributed by atoms with Gasteiger partial charge in [-0.2, -0.15) is 0 Å². The third kappa shape index (κ3) is 3.66. The minimum absolute atomic E-state index is 0.613. The maximum Gasteiger partial charge on any atom is 0.126 e. The van der Waals surface area contributed by atoms with Gasteiger partial charge in [0, 0.05) is 28.3 Å². The highest BCUT2D eigenvalue weighted by atomic mass is 35.5. The Kier molecular flexibility index (Phi) is 4.85. The van der Waals surface area contributed by atoms with Crippen molar-refractivity contribution < 1.29 is 4.74 Å². The Morgan fingerprint density at radius 2 is 1.91 bits per heavy atom. The molecule has 2 nitrogen and oxygen atoms in total. The van der Waals surface area contributed by atoms with Crippen LogP contribution in [0.2, 0.25) is 10.0 Å². The Bertz CT molecular complexity index is 822. The van der Waals surface area contributed by atoms with E-state index in [1.54, 1.807) is 13.2 Å². The summed E-state index contributed by atoms with van der Waals surface area (Å²) in [5.74, 6) is 0.844. The van der Waals surface area contributed by atoms with Gasteiger partial charge in [0.15, 0.2) is 0 Å². The van der Waals surface area contributed by atoms with Crippen molar-refractivity contribution in [1.29, 1.82) is 0 Å². The molecule has 1 aliphatic heterocycles. The molecule has 0 saturated heterocycles. The summed E-state index contributed by atoms with van der Waals surface area (Å²) < 4.78 is 5.34. The number of halogens is 2.